The lowest BCUT2D eigenvalue weighted by Crippen LogP contribution is -2.39. The normalized spacial score (nSPS) is 23.5. The number of anilines is 1. The smallest absolute Gasteiger partial charge is 0.249 e. The zero-order valence-electron chi connectivity index (χ0n) is 16.0. The van der Waals surface area contributed by atoms with Gasteiger partial charge in [0.1, 0.15) is 6.17 Å². The third-order valence-electron chi connectivity index (χ3n) is 5.37. The van der Waals surface area contributed by atoms with Gasteiger partial charge in [-0.3, -0.25) is 15.0 Å². The Morgan fingerprint density at radius 1 is 1.23 bits per heavy atom. The minimum atomic E-state index is -2.89. The van der Waals surface area contributed by atoms with E-state index in [0.717, 1.165) is 15.4 Å². The summed E-state index contributed by atoms with van der Waals surface area (Å²) in [5.74, 6) is -0.398. The average Bonchev–Trinajstić information content (AvgIpc) is 3.10. The molecule has 0 radical (unpaired) electrons. The van der Waals surface area contributed by atoms with E-state index in [1.807, 2.05) is 24.3 Å². The van der Waals surface area contributed by atoms with Gasteiger partial charge >= 0.3 is 0 Å². The molecule has 1 N–H and O–H groups in total. The molecule has 2 aliphatic rings. The second-order valence-corrected chi connectivity index (χ2v) is 11.1. The lowest BCUT2D eigenvalue weighted by atomic mass is 10.3. The van der Waals surface area contributed by atoms with Crippen LogP contribution in [0.2, 0.25) is 0 Å². The topological polar surface area (TPSA) is 96.7 Å². The van der Waals surface area contributed by atoms with Crippen LogP contribution in [0.3, 0.4) is 0 Å². The predicted octanol–water partition coefficient (Wildman–Crippen LogP) is 1.98. The molecule has 1 saturated carbocycles. The minimum absolute atomic E-state index is 0.165. The fourth-order valence-electron chi connectivity index (χ4n) is 3.51. The van der Waals surface area contributed by atoms with E-state index in [0.29, 0.717) is 25.3 Å². The highest BCUT2D eigenvalue weighted by Gasteiger charge is 2.44. The van der Waals surface area contributed by atoms with Crippen molar-refractivity contribution in [2.24, 2.45) is 5.92 Å². The number of thiophene rings is 1. The summed E-state index contributed by atoms with van der Waals surface area (Å²) < 4.78 is 38.0. The van der Waals surface area contributed by atoms with Crippen molar-refractivity contribution in [2.45, 2.75) is 19.1 Å². The first kappa shape index (κ1) is 19.6. The van der Waals surface area contributed by atoms with Crippen molar-refractivity contribution in [1.29, 1.82) is 0 Å². The van der Waals surface area contributed by atoms with Crippen LogP contribution in [-0.4, -0.2) is 64.6 Å². The number of nitrogens with zero attached hydrogens (tertiary/aromatic N) is 4. The van der Waals surface area contributed by atoms with Crippen LogP contribution in [0.4, 0.5) is 10.3 Å². The molecule has 0 aromatic carbocycles. The number of aromatic nitrogens is 3. The zero-order valence-corrected chi connectivity index (χ0v) is 17.6. The number of halogens is 1. The van der Waals surface area contributed by atoms with Crippen molar-refractivity contribution in [3.63, 3.8) is 0 Å². The number of sulfone groups is 1. The number of carbonyl (C=O) groups is 1. The maximum Gasteiger partial charge on any atom is 0.249 e. The molecule has 1 saturated heterocycles. The van der Waals surface area contributed by atoms with Crippen molar-refractivity contribution >= 4 is 38.7 Å². The lowest BCUT2D eigenvalue weighted by Gasteiger charge is -2.25. The van der Waals surface area contributed by atoms with Crippen LogP contribution in [0.25, 0.3) is 16.2 Å². The largest absolute Gasteiger partial charge is 0.296 e. The molecule has 1 aliphatic heterocycles. The molecule has 30 heavy (non-hydrogen) atoms. The van der Waals surface area contributed by atoms with E-state index in [4.69, 9.17) is 0 Å². The molecular weight excluding hydrogens is 429 g/mol. The van der Waals surface area contributed by atoms with Gasteiger partial charge in [-0.1, -0.05) is 6.07 Å². The molecule has 1 aliphatic carbocycles. The van der Waals surface area contributed by atoms with E-state index in [9.17, 15) is 17.6 Å². The first-order valence-electron chi connectivity index (χ1n) is 9.70. The number of hydrogen-bond donors (Lipinski definition) is 1. The Morgan fingerprint density at radius 3 is 2.73 bits per heavy atom. The number of pyridine rings is 1. The maximum absolute atomic E-state index is 13.1. The van der Waals surface area contributed by atoms with Gasteiger partial charge in [-0.05, 0) is 30.7 Å². The summed E-state index contributed by atoms with van der Waals surface area (Å²) in [6, 6.07) is 9.64. The molecule has 0 unspecified atom stereocenters. The van der Waals surface area contributed by atoms with Crippen molar-refractivity contribution < 1.29 is 17.6 Å². The fraction of sp³-hybridized carbons (Fsp3) is 0.421. The van der Waals surface area contributed by atoms with Crippen molar-refractivity contribution in [1.82, 2.24) is 19.5 Å². The van der Waals surface area contributed by atoms with Gasteiger partial charge in [0, 0.05) is 24.5 Å². The fourth-order valence-corrected chi connectivity index (χ4v) is 5.85. The van der Waals surface area contributed by atoms with Crippen LogP contribution in [-0.2, 0) is 21.2 Å². The van der Waals surface area contributed by atoms with Crippen LogP contribution in [0.1, 0.15) is 11.3 Å². The molecule has 1 amide bonds. The minimum Gasteiger partial charge on any atom is -0.296 e. The summed E-state index contributed by atoms with van der Waals surface area (Å²) in [5, 5.41) is 6.98. The first-order chi connectivity index (χ1) is 14.4. The van der Waals surface area contributed by atoms with E-state index in [1.165, 1.54) is 0 Å². The zero-order chi connectivity index (χ0) is 20.9. The Morgan fingerprint density at radius 2 is 2.00 bits per heavy atom. The van der Waals surface area contributed by atoms with E-state index in [-0.39, 0.29) is 29.8 Å². The predicted molar refractivity (Wildman–Crippen MR) is 112 cm³/mol. The molecule has 0 bridgehead atoms. The molecule has 2 fully saturated rings. The van der Waals surface area contributed by atoms with Crippen LogP contribution >= 0.6 is 11.3 Å². The number of amides is 1. The van der Waals surface area contributed by atoms with Crippen LogP contribution in [0.15, 0.2) is 30.3 Å². The molecule has 0 spiro atoms. The lowest BCUT2D eigenvalue weighted by molar-refractivity contribution is -0.117. The SMILES string of the molecule is O=C(Nc1nc2cccc(-c3ccc(CN4CCS(=O)(=O)CC4)s3)n2n1)[C@H]1C[C@H]1F. The van der Waals surface area contributed by atoms with Crippen molar-refractivity contribution in [3.8, 4) is 10.6 Å². The highest BCUT2D eigenvalue weighted by molar-refractivity contribution is 7.91. The van der Waals surface area contributed by atoms with Crippen molar-refractivity contribution in [2.75, 3.05) is 29.9 Å². The number of hydrogen-bond acceptors (Lipinski definition) is 7. The molecule has 11 heteroatoms. The number of rotatable bonds is 5. The van der Waals surface area contributed by atoms with Crippen molar-refractivity contribution in [3.05, 3.63) is 35.2 Å². The van der Waals surface area contributed by atoms with Crippen LogP contribution < -0.4 is 5.32 Å². The van der Waals surface area contributed by atoms with Crippen LogP contribution in [0, 0.1) is 5.92 Å². The summed E-state index contributed by atoms with van der Waals surface area (Å²) in [4.78, 5) is 20.6. The summed E-state index contributed by atoms with van der Waals surface area (Å²) >= 11 is 1.62. The van der Waals surface area contributed by atoms with Gasteiger partial charge in [0.05, 0.1) is 28.0 Å². The quantitative estimate of drug-likeness (QED) is 0.640. The number of fused-ring (bicyclic) bond motifs is 1. The summed E-state index contributed by atoms with van der Waals surface area (Å²) in [6.07, 6.45) is -0.812. The third kappa shape index (κ3) is 3.96. The number of carbonyl (C=O) groups excluding carboxylic acids is 1. The number of nitrogens with one attached hydrogen (secondary N) is 1. The summed E-state index contributed by atoms with van der Waals surface area (Å²) in [6.45, 7) is 1.82. The standard InChI is InChI=1S/C19H20FN5O3S2/c20-14-10-13(14)18(26)22-19-21-17-3-1-2-15(25(17)23-19)16-5-4-12(29-16)11-24-6-8-30(27,28)9-7-24/h1-5,13-14H,6-11H2,(H,22,23,26)/t13-,14+/m0/s1. The average molecular weight is 450 g/mol. The molecule has 2 atom stereocenters. The summed E-state index contributed by atoms with van der Waals surface area (Å²) in [7, 11) is -2.89. The third-order valence-corrected chi connectivity index (χ3v) is 8.08. The number of alkyl halides is 1. The van der Waals surface area contributed by atoms with Gasteiger partial charge in [0.15, 0.2) is 15.5 Å². The Kier molecular flexibility index (Phi) is 4.83. The molecular formula is C19H20FN5O3S2. The summed E-state index contributed by atoms with van der Waals surface area (Å²) in [5.41, 5.74) is 1.43. The van der Waals surface area contributed by atoms with E-state index in [1.54, 1.807) is 21.9 Å². The Labute approximate surface area is 176 Å². The Bertz CT molecular complexity index is 1210. The van der Waals surface area contributed by atoms with E-state index < -0.39 is 21.9 Å². The Hall–Kier alpha value is -2.37. The second kappa shape index (κ2) is 7.40. The molecule has 4 heterocycles. The molecule has 3 aromatic heterocycles. The van der Waals surface area contributed by atoms with Gasteiger partial charge in [-0.2, -0.15) is 4.98 Å². The van der Waals surface area contributed by atoms with E-state index >= 15 is 0 Å². The Balaban J connectivity index is 1.34. The highest BCUT2D eigenvalue weighted by atomic mass is 32.2. The van der Waals surface area contributed by atoms with Gasteiger partial charge in [0.2, 0.25) is 11.9 Å². The molecule has 158 valence electrons. The van der Waals surface area contributed by atoms with E-state index in [2.05, 4.69) is 20.3 Å². The van der Waals surface area contributed by atoms with Gasteiger partial charge in [-0.25, -0.2) is 17.3 Å². The molecule has 8 nitrogen and oxygen atoms in total. The maximum atomic E-state index is 13.1. The second-order valence-electron chi connectivity index (χ2n) is 7.66. The molecule has 5 rings (SSSR count). The first-order valence-corrected chi connectivity index (χ1v) is 12.3. The molecule has 3 aromatic rings. The highest BCUT2D eigenvalue weighted by Crippen LogP contribution is 2.34. The van der Waals surface area contributed by atoms with Gasteiger partial charge in [0.25, 0.3) is 0 Å². The monoisotopic (exact) mass is 449 g/mol. The van der Waals surface area contributed by atoms with Crippen LogP contribution in [0.5, 0.6) is 0 Å². The van der Waals surface area contributed by atoms with Gasteiger partial charge in [-0.15, -0.1) is 16.4 Å². The van der Waals surface area contributed by atoms with Gasteiger partial charge < -0.3 is 0 Å².